The second-order valence-corrected chi connectivity index (χ2v) is 4.41. The van der Waals surface area contributed by atoms with Gasteiger partial charge in [0.25, 0.3) is 5.91 Å². The van der Waals surface area contributed by atoms with E-state index in [1.54, 1.807) is 24.3 Å². The number of anilines is 1. The van der Waals surface area contributed by atoms with Gasteiger partial charge in [0.15, 0.2) is 0 Å². The summed E-state index contributed by atoms with van der Waals surface area (Å²) in [4.78, 5) is 15.9. The molecule has 94 valence electrons. The van der Waals surface area contributed by atoms with Gasteiger partial charge in [0.05, 0.1) is 16.7 Å². The summed E-state index contributed by atoms with van der Waals surface area (Å²) in [5, 5.41) is 11.8. The van der Waals surface area contributed by atoms with Crippen LogP contribution < -0.4 is 5.32 Å². The summed E-state index contributed by atoms with van der Waals surface area (Å²) in [6, 6.07) is 11.5. The molecule has 2 rings (SSSR count). The van der Waals surface area contributed by atoms with E-state index in [1.807, 2.05) is 6.07 Å². The number of amides is 1. The van der Waals surface area contributed by atoms with E-state index in [4.69, 9.17) is 28.5 Å². The number of rotatable bonds is 2. The van der Waals surface area contributed by atoms with E-state index in [-0.39, 0.29) is 15.9 Å². The van der Waals surface area contributed by atoms with Crippen LogP contribution in [0.5, 0.6) is 0 Å². The highest BCUT2D eigenvalue weighted by Crippen LogP contribution is 2.18. The van der Waals surface area contributed by atoms with Crippen molar-refractivity contribution in [1.29, 1.82) is 5.26 Å². The zero-order valence-corrected chi connectivity index (χ0v) is 11.0. The molecule has 0 spiro atoms. The fourth-order valence-corrected chi connectivity index (χ4v) is 1.77. The summed E-state index contributed by atoms with van der Waals surface area (Å²) >= 11 is 11.6. The average Bonchev–Trinajstić information content (AvgIpc) is 2.41. The van der Waals surface area contributed by atoms with E-state index in [2.05, 4.69) is 10.3 Å². The van der Waals surface area contributed by atoms with Crippen LogP contribution >= 0.6 is 23.2 Å². The van der Waals surface area contributed by atoms with Gasteiger partial charge in [0.1, 0.15) is 10.8 Å². The van der Waals surface area contributed by atoms with E-state index in [0.717, 1.165) is 0 Å². The van der Waals surface area contributed by atoms with E-state index in [9.17, 15) is 4.79 Å². The lowest BCUT2D eigenvalue weighted by Gasteiger charge is -2.06. The third-order valence-corrected chi connectivity index (χ3v) is 2.79. The molecule has 0 atom stereocenters. The maximum absolute atomic E-state index is 12.0. The first-order chi connectivity index (χ1) is 9.10. The van der Waals surface area contributed by atoms with Crippen LogP contribution in [0.3, 0.4) is 0 Å². The van der Waals surface area contributed by atoms with Gasteiger partial charge in [-0.3, -0.25) is 4.79 Å². The van der Waals surface area contributed by atoms with Gasteiger partial charge in [-0.05, 0) is 30.3 Å². The third-order valence-electron chi connectivity index (χ3n) is 2.28. The van der Waals surface area contributed by atoms with Crippen LogP contribution in [0.2, 0.25) is 10.2 Å². The molecule has 1 aromatic carbocycles. The molecule has 19 heavy (non-hydrogen) atoms. The number of aromatic nitrogens is 1. The number of benzene rings is 1. The first kappa shape index (κ1) is 13.3. The average molecular weight is 292 g/mol. The van der Waals surface area contributed by atoms with Crippen molar-refractivity contribution in [3.05, 3.63) is 57.8 Å². The van der Waals surface area contributed by atoms with Crippen molar-refractivity contribution >= 4 is 34.8 Å². The normalized spacial score (nSPS) is 9.74. The van der Waals surface area contributed by atoms with Crippen LogP contribution in [0.1, 0.15) is 16.1 Å². The molecule has 0 fully saturated rings. The predicted molar refractivity (Wildman–Crippen MR) is 73.4 cm³/mol. The lowest BCUT2D eigenvalue weighted by molar-refractivity contribution is 0.102. The highest BCUT2D eigenvalue weighted by molar-refractivity contribution is 6.35. The molecule has 1 amide bonds. The highest BCUT2D eigenvalue weighted by Gasteiger charge is 2.13. The molecular formula is C13H7Cl2N3O. The summed E-state index contributed by atoms with van der Waals surface area (Å²) in [7, 11) is 0. The first-order valence-electron chi connectivity index (χ1n) is 5.23. The molecule has 1 aromatic heterocycles. The molecule has 1 heterocycles. The number of carbonyl (C=O) groups excluding carboxylic acids is 1. The van der Waals surface area contributed by atoms with Gasteiger partial charge >= 0.3 is 0 Å². The predicted octanol–water partition coefficient (Wildman–Crippen LogP) is 3.51. The van der Waals surface area contributed by atoms with Crippen molar-refractivity contribution in [2.75, 3.05) is 5.32 Å². The Balaban J connectivity index is 2.26. The Morgan fingerprint density at radius 1 is 1.26 bits per heavy atom. The smallest absolute Gasteiger partial charge is 0.275 e. The summed E-state index contributed by atoms with van der Waals surface area (Å²) < 4.78 is 0. The van der Waals surface area contributed by atoms with Gasteiger partial charge in [-0.15, -0.1) is 0 Å². The Bertz CT molecular complexity index is 680. The van der Waals surface area contributed by atoms with E-state index >= 15 is 0 Å². The van der Waals surface area contributed by atoms with Crippen LogP contribution in [0.25, 0.3) is 0 Å². The number of halogens is 2. The van der Waals surface area contributed by atoms with Crippen molar-refractivity contribution in [3.63, 3.8) is 0 Å². The number of hydrogen-bond donors (Lipinski definition) is 1. The van der Waals surface area contributed by atoms with E-state index < -0.39 is 5.91 Å². The molecule has 6 heteroatoms. The summed E-state index contributed by atoms with van der Waals surface area (Å²) in [5.74, 6) is -0.484. The molecule has 0 bridgehead atoms. The SMILES string of the molecule is N#Cc1cccc(NC(=O)c2nc(Cl)ccc2Cl)c1. The van der Waals surface area contributed by atoms with Crippen molar-refractivity contribution in [2.24, 2.45) is 0 Å². The van der Waals surface area contributed by atoms with Crippen LogP contribution in [0.15, 0.2) is 36.4 Å². The van der Waals surface area contributed by atoms with Gasteiger partial charge in [-0.1, -0.05) is 29.3 Å². The first-order valence-corrected chi connectivity index (χ1v) is 5.99. The van der Waals surface area contributed by atoms with Gasteiger partial charge in [0, 0.05) is 5.69 Å². The fourth-order valence-electron chi connectivity index (χ4n) is 1.43. The van der Waals surface area contributed by atoms with Crippen LogP contribution in [-0.4, -0.2) is 10.9 Å². The van der Waals surface area contributed by atoms with Gasteiger partial charge in [-0.2, -0.15) is 5.26 Å². The van der Waals surface area contributed by atoms with E-state index in [0.29, 0.717) is 11.3 Å². The van der Waals surface area contributed by atoms with Gasteiger partial charge < -0.3 is 5.32 Å². The second kappa shape index (κ2) is 5.70. The lowest BCUT2D eigenvalue weighted by Crippen LogP contribution is -2.14. The Morgan fingerprint density at radius 2 is 2.05 bits per heavy atom. The molecule has 4 nitrogen and oxygen atoms in total. The van der Waals surface area contributed by atoms with Crippen LogP contribution in [0, 0.1) is 11.3 Å². The van der Waals surface area contributed by atoms with Crippen LogP contribution in [0.4, 0.5) is 5.69 Å². The summed E-state index contributed by atoms with van der Waals surface area (Å²) in [5.41, 5.74) is 0.973. The summed E-state index contributed by atoms with van der Waals surface area (Å²) in [6.07, 6.45) is 0. The molecule has 0 unspecified atom stereocenters. The fraction of sp³-hybridized carbons (Fsp3) is 0. The molecule has 0 saturated carbocycles. The lowest BCUT2D eigenvalue weighted by atomic mass is 10.2. The number of nitrogens with zero attached hydrogens (tertiary/aromatic N) is 2. The number of nitrogens with one attached hydrogen (secondary N) is 1. The Kier molecular flexibility index (Phi) is 4.00. The molecule has 0 aliphatic heterocycles. The summed E-state index contributed by atoms with van der Waals surface area (Å²) in [6.45, 7) is 0. The topological polar surface area (TPSA) is 65.8 Å². The molecule has 0 radical (unpaired) electrons. The van der Waals surface area contributed by atoms with Crippen molar-refractivity contribution in [3.8, 4) is 6.07 Å². The Labute approximate surface area is 119 Å². The minimum atomic E-state index is -0.484. The molecule has 1 N–H and O–H groups in total. The molecular weight excluding hydrogens is 285 g/mol. The quantitative estimate of drug-likeness (QED) is 0.861. The second-order valence-electron chi connectivity index (χ2n) is 3.61. The third kappa shape index (κ3) is 3.22. The van der Waals surface area contributed by atoms with Crippen molar-refractivity contribution in [1.82, 2.24) is 4.98 Å². The Morgan fingerprint density at radius 3 is 2.79 bits per heavy atom. The zero-order valence-electron chi connectivity index (χ0n) is 9.52. The number of hydrogen-bond acceptors (Lipinski definition) is 3. The van der Waals surface area contributed by atoms with Crippen LogP contribution in [-0.2, 0) is 0 Å². The number of carbonyl (C=O) groups is 1. The van der Waals surface area contributed by atoms with Crippen molar-refractivity contribution < 1.29 is 4.79 Å². The van der Waals surface area contributed by atoms with Gasteiger partial charge in [0.2, 0.25) is 0 Å². The minimum absolute atomic E-state index is 0.0385. The zero-order chi connectivity index (χ0) is 13.8. The molecule has 0 aliphatic rings. The van der Waals surface area contributed by atoms with Crippen molar-refractivity contribution in [2.45, 2.75) is 0 Å². The number of nitriles is 1. The van der Waals surface area contributed by atoms with Gasteiger partial charge in [-0.25, -0.2) is 4.98 Å². The standard InChI is InChI=1S/C13H7Cl2N3O/c14-10-4-5-11(15)18-12(10)13(19)17-9-3-1-2-8(6-9)7-16/h1-6H,(H,17,19). The Hall–Kier alpha value is -2.09. The molecule has 0 saturated heterocycles. The maximum Gasteiger partial charge on any atom is 0.275 e. The highest BCUT2D eigenvalue weighted by atomic mass is 35.5. The van der Waals surface area contributed by atoms with E-state index in [1.165, 1.54) is 12.1 Å². The largest absolute Gasteiger partial charge is 0.321 e. The minimum Gasteiger partial charge on any atom is -0.321 e. The molecule has 2 aromatic rings. The number of pyridine rings is 1. The molecule has 0 aliphatic carbocycles. The monoisotopic (exact) mass is 291 g/mol. The maximum atomic E-state index is 12.0.